The fourth-order valence-corrected chi connectivity index (χ4v) is 2.12. The zero-order valence-corrected chi connectivity index (χ0v) is 9.23. The van der Waals surface area contributed by atoms with Gasteiger partial charge in [0.15, 0.2) is 0 Å². The molecular weight excluding hydrogens is 207 g/mol. The number of ether oxygens (including phenoxy) is 1. The zero-order valence-electron chi connectivity index (χ0n) is 9.23. The van der Waals surface area contributed by atoms with Gasteiger partial charge in [0, 0.05) is 12.2 Å². The number of hydrogen-bond donors (Lipinski definition) is 1. The van der Waals surface area contributed by atoms with E-state index in [0.717, 1.165) is 25.9 Å². The molecule has 0 aromatic heterocycles. The second-order valence-corrected chi connectivity index (χ2v) is 4.25. The van der Waals surface area contributed by atoms with Crippen molar-refractivity contribution < 1.29 is 14.2 Å². The van der Waals surface area contributed by atoms with E-state index in [4.69, 9.17) is 4.74 Å². The smallest absolute Gasteiger partial charge is 0.128 e. The van der Waals surface area contributed by atoms with E-state index in [1.807, 2.05) is 0 Å². The Morgan fingerprint density at radius 3 is 2.94 bits per heavy atom. The Labute approximate surface area is 95.1 Å². The van der Waals surface area contributed by atoms with Gasteiger partial charge in [0.25, 0.3) is 0 Å². The maximum Gasteiger partial charge on any atom is 0.128 e. The topological polar surface area (TPSA) is 29.5 Å². The minimum atomic E-state index is -0.717. The Kier molecular flexibility index (Phi) is 3.91. The Balaban J connectivity index is 1.87. The summed E-state index contributed by atoms with van der Waals surface area (Å²) in [7, 11) is 0. The van der Waals surface area contributed by atoms with Crippen LogP contribution in [0.3, 0.4) is 0 Å². The highest BCUT2D eigenvalue weighted by Crippen LogP contribution is 2.25. The fraction of sp³-hybridized carbons (Fsp3) is 0.538. The molecule has 1 fully saturated rings. The lowest BCUT2D eigenvalue weighted by Gasteiger charge is -2.14. The summed E-state index contributed by atoms with van der Waals surface area (Å²) < 4.78 is 18.8. The molecular formula is C13H17FO2. The van der Waals surface area contributed by atoms with E-state index >= 15 is 0 Å². The van der Waals surface area contributed by atoms with Crippen LogP contribution in [0.4, 0.5) is 4.39 Å². The number of aliphatic hydroxyl groups excluding tert-OH is 1. The fourth-order valence-electron chi connectivity index (χ4n) is 2.12. The van der Waals surface area contributed by atoms with E-state index in [2.05, 4.69) is 0 Å². The summed E-state index contributed by atoms with van der Waals surface area (Å²) >= 11 is 0. The molecule has 1 aromatic rings. The van der Waals surface area contributed by atoms with Crippen molar-refractivity contribution in [3.05, 3.63) is 35.6 Å². The van der Waals surface area contributed by atoms with Crippen molar-refractivity contribution in [2.75, 3.05) is 6.61 Å². The quantitative estimate of drug-likeness (QED) is 0.852. The molecule has 1 aromatic carbocycles. The van der Waals surface area contributed by atoms with Gasteiger partial charge in [-0.1, -0.05) is 18.2 Å². The minimum absolute atomic E-state index is 0.251. The Morgan fingerprint density at radius 1 is 1.44 bits per heavy atom. The van der Waals surface area contributed by atoms with Crippen LogP contribution < -0.4 is 0 Å². The third-order valence-corrected chi connectivity index (χ3v) is 3.05. The Bertz CT molecular complexity index is 334. The van der Waals surface area contributed by atoms with Gasteiger partial charge in [0.05, 0.1) is 12.2 Å². The molecule has 0 amide bonds. The van der Waals surface area contributed by atoms with Gasteiger partial charge in [-0.05, 0) is 31.7 Å². The van der Waals surface area contributed by atoms with Crippen molar-refractivity contribution >= 4 is 0 Å². The van der Waals surface area contributed by atoms with Gasteiger partial charge in [-0.3, -0.25) is 0 Å². The third-order valence-electron chi connectivity index (χ3n) is 3.05. The monoisotopic (exact) mass is 224 g/mol. The summed E-state index contributed by atoms with van der Waals surface area (Å²) in [5.74, 6) is -0.331. The summed E-state index contributed by atoms with van der Waals surface area (Å²) in [5.41, 5.74) is 0.389. The second-order valence-electron chi connectivity index (χ2n) is 4.25. The van der Waals surface area contributed by atoms with Crippen LogP contribution >= 0.6 is 0 Å². The molecule has 3 heteroatoms. The molecule has 1 aliphatic heterocycles. The predicted molar refractivity (Wildman–Crippen MR) is 59.6 cm³/mol. The van der Waals surface area contributed by atoms with Gasteiger partial charge >= 0.3 is 0 Å². The van der Waals surface area contributed by atoms with Gasteiger partial charge in [0.1, 0.15) is 5.82 Å². The number of rotatable bonds is 4. The largest absolute Gasteiger partial charge is 0.388 e. The molecule has 0 radical (unpaired) electrons. The first-order chi connectivity index (χ1) is 7.77. The summed E-state index contributed by atoms with van der Waals surface area (Å²) in [6, 6.07) is 6.39. The highest BCUT2D eigenvalue weighted by Gasteiger charge is 2.18. The summed E-state index contributed by atoms with van der Waals surface area (Å²) in [6.45, 7) is 0.820. The van der Waals surface area contributed by atoms with E-state index in [9.17, 15) is 9.50 Å². The molecule has 0 aliphatic carbocycles. The molecule has 1 N–H and O–H groups in total. The highest BCUT2D eigenvalue weighted by atomic mass is 19.1. The Hall–Kier alpha value is -0.930. The molecule has 16 heavy (non-hydrogen) atoms. The molecule has 0 saturated carbocycles. The molecule has 1 heterocycles. The number of hydrogen-bond acceptors (Lipinski definition) is 2. The van der Waals surface area contributed by atoms with E-state index < -0.39 is 6.10 Å². The average molecular weight is 224 g/mol. The molecule has 88 valence electrons. The van der Waals surface area contributed by atoms with Gasteiger partial charge in [-0.2, -0.15) is 0 Å². The first kappa shape index (κ1) is 11.6. The molecule has 2 rings (SSSR count). The van der Waals surface area contributed by atoms with Crippen molar-refractivity contribution in [3.8, 4) is 0 Å². The molecule has 2 nitrogen and oxygen atoms in total. The van der Waals surface area contributed by atoms with Crippen LogP contribution in [0.5, 0.6) is 0 Å². The van der Waals surface area contributed by atoms with E-state index in [1.165, 1.54) is 6.07 Å². The van der Waals surface area contributed by atoms with E-state index in [-0.39, 0.29) is 11.9 Å². The standard InChI is InChI=1S/C13H17FO2/c14-12-6-2-1-5-11(12)13(15)8-7-10-4-3-9-16-10/h1-2,5-6,10,13,15H,3-4,7-9H2. The van der Waals surface area contributed by atoms with Crippen LogP contribution in [-0.4, -0.2) is 17.8 Å². The van der Waals surface area contributed by atoms with Crippen molar-refractivity contribution in [1.82, 2.24) is 0 Å². The first-order valence-electron chi connectivity index (χ1n) is 5.81. The SMILES string of the molecule is OC(CCC1CCCO1)c1ccccc1F. The van der Waals surface area contributed by atoms with Gasteiger partial charge in [-0.25, -0.2) is 4.39 Å². The number of halogens is 1. The molecule has 0 bridgehead atoms. The predicted octanol–water partition coefficient (Wildman–Crippen LogP) is 2.82. The van der Waals surface area contributed by atoms with Crippen LogP contribution in [0, 0.1) is 5.82 Å². The van der Waals surface area contributed by atoms with Crippen LogP contribution in [0.1, 0.15) is 37.4 Å². The zero-order chi connectivity index (χ0) is 11.4. The lowest BCUT2D eigenvalue weighted by Crippen LogP contribution is -2.08. The van der Waals surface area contributed by atoms with Gasteiger partial charge in [0.2, 0.25) is 0 Å². The molecule has 2 atom stereocenters. The molecule has 2 unspecified atom stereocenters. The molecule has 1 aliphatic rings. The van der Waals surface area contributed by atoms with Crippen molar-refractivity contribution in [1.29, 1.82) is 0 Å². The average Bonchev–Trinajstić information content (AvgIpc) is 2.79. The van der Waals surface area contributed by atoms with E-state index in [0.29, 0.717) is 12.0 Å². The minimum Gasteiger partial charge on any atom is -0.388 e. The van der Waals surface area contributed by atoms with Crippen molar-refractivity contribution in [3.63, 3.8) is 0 Å². The van der Waals surface area contributed by atoms with Gasteiger partial charge < -0.3 is 9.84 Å². The summed E-state index contributed by atoms with van der Waals surface area (Å²) in [4.78, 5) is 0. The Morgan fingerprint density at radius 2 is 2.25 bits per heavy atom. The summed E-state index contributed by atoms with van der Waals surface area (Å²) in [6.07, 6.45) is 3.05. The van der Waals surface area contributed by atoms with Crippen LogP contribution in [0.2, 0.25) is 0 Å². The van der Waals surface area contributed by atoms with Gasteiger partial charge in [-0.15, -0.1) is 0 Å². The van der Waals surface area contributed by atoms with Crippen molar-refractivity contribution in [2.24, 2.45) is 0 Å². The molecule has 0 spiro atoms. The highest BCUT2D eigenvalue weighted by molar-refractivity contribution is 5.19. The second kappa shape index (κ2) is 5.41. The normalized spacial score (nSPS) is 22.2. The maximum absolute atomic E-state index is 13.3. The third kappa shape index (κ3) is 2.80. The van der Waals surface area contributed by atoms with Crippen LogP contribution in [-0.2, 0) is 4.74 Å². The maximum atomic E-state index is 13.3. The number of benzene rings is 1. The molecule has 1 saturated heterocycles. The lowest BCUT2D eigenvalue weighted by molar-refractivity contribution is 0.0803. The first-order valence-corrected chi connectivity index (χ1v) is 5.81. The van der Waals surface area contributed by atoms with Crippen LogP contribution in [0.25, 0.3) is 0 Å². The summed E-state index contributed by atoms with van der Waals surface area (Å²) in [5, 5.41) is 9.87. The van der Waals surface area contributed by atoms with Crippen LogP contribution in [0.15, 0.2) is 24.3 Å². The van der Waals surface area contributed by atoms with Crippen molar-refractivity contribution in [2.45, 2.75) is 37.9 Å². The van der Waals surface area contributed by atoms with E-state index in [1.54, 1.807) is 18.2 Å². The number of aliphatic hydroxyl groups is 1. The lowest BCUT2D eigenvalue weighted by atomic mass is 10.0.